The minimum absolute atomic E-state index is 0.187. The highest BCUT2D eigenvalue weighted by atomic mass is 32.2. The zero-order valence-corrected chi connectivity index (χ0v) is 15.0. The van der Waals surface area contributed by atoms with Crippen molar-refractivity contribution >= 4 is 15.7 Å². The number of hydrogen-bond donors (Lipinski definition) is 1. The maximum atomic E-state index is 12.4. The van der Waals surface area contributed by atoms with E-state index in [9.17, 15) is 13.2 Å². The average Bonchev–Trinajstić information content (AvgIpc) is 2.54. The second kappa shape index (κ2) is 7.05. The van der Waals surface area contributed by atoms with Crippen LogP contribution in [0.2, 0.25) is 0 Å². The molecule has 5 nitrogen and oxygen atoms in total. The van der Waals surface area contributed by atoms with E-state index >= 15 is 0 Å². The lowest BCUT2D eigenvalue weighted by molar-refractivity contribution is 0.0939. The molecule has 1 atom stereocenters. The normalized spacial score (nSPS) is 12.5. The van der Waals surface area contributed by atoms with Crippen LogP contribution in [-0.2, 0) is 9.84 Å². The van der Waals surface area contributed by atoms with E-state index in [0.717, 1.165) is 17.4 Å². The number of carbonyl (C=O) groups excluding carboxylic acids is 1. The summed E-state index contributed by atoms with van der Waals surface area (Å²) in [5.74, 6) is 0.437. The third-order valence-corrected chi connectivity index (χ3v) is 4.87. The van der Waals surface area contributed by atoms with Crippen molar-refractivity contribution < 1.29 is 17.9 Å². The molecule has 0 aliphatic carbocycles. The highest BCUT2D eigenvalue weighted by molar-refractivity contribution is 7.90. The molecule has 2 rings (SSSR count). The monoisotopic (exact) mass is 347 g/mol. The first-order valence-corrected chi connectivity index (χ1v) is 9.37. The van der Waals surface area contributed by atoms with E-state index in [0.29, 0.717) is 11.3 Å². The van der Waals surface area contributed by atoms with Crippen LogP contribution in [-0.4, -0.2) is 27.7 Å². The first-order chi connectivity index (χ1) is 11.2. The second-order valence-electron chi connectivity index (χ2n) is 5.74. The molecule has 2 aromatic rings. The standard InChI is InChI=1S/C18H21NO4S/c1-12-5-10-17(23-3)16(11-12)13(2)19-18(20)14-6-8-15(9-7-14)24(4,21)22/h5-11,13H,1-4H3,(H,19,20). The topological polar surface area (TPSA) is 72.5 Å². The Morgan fingerprint density at radius 1 is 1.12 bits per heavy atom. The smallest absolute Gasteiger partial charge is 0.251 e. The van der Waals surface area contributed by atoms with Gasteiger partial charge in [-0.1, -0.05) is 17.7 Å². The summed E-state index contributed by atoms with van der Waals surface area (Å²) in [6, 6.07) is 11.4. The predicted molar refractivity (Wildman–Crippen MR) is 93.2 cm³/mol. The molecule has 0 fully saturated rings. The van der Waals surface area contributed by atoms with Crippen LogP contribution in [0.15, 0.2) is 47.4 Å². The Hall–Kier alpha value is -2.34. The van der Waals surface area contributed by atoms with Gasteiger partial charge in [0.25, 0.3) is 5.91 Å². The number of benzene rings is 2. The maximum absolute atomic E-state index is 12.4. The van der Waals surface area contributed by atoms with Gasteiger partial charge in [-0.25, -0.2) is 8.42 Å². The fraction of sp³-hybridized carbons (Fsp3) is 0.278. The van der Waals surface area contributed by atoms with E-state index in [2.05, 4.69) is 5.32 Å². The number of aryl methyl sites for hydroxylation is 1. The van der Waals surface area contributed by atoms with Gasteiger partial charge in [0.15, 0.2) is 9.84 Å². The lowest BCUT2D eigenvalue weighted by Crippen LogP contribution is -2.27. The van der Waals surface area contributed by atoms with E-state index in [1.165, 1.54) is 24.3 Å². The number of hydrogen-bond acceptors (Lipinski definition) is 4. The fourth-order valence-corrected chi connectivity index (χ4v) is 3.03. The highest BCUT2D eigenvalue weighted by Gasteiger charge is 2.16. The number of rotatable bonds is 5. The van der Waals surface area contributed by atoms with Crippen molar-refractivity contribution in [2.75, 3.05) is 13.4 Å². The molecule has 0 radical (unpaired) electrons. The maximum Gasteiger partial charge on any atom is 0.251 e. The average molecular weight is 347 g/mol. The van der Waals surface area contributed by atoms with E-state index in [1.54, 1.807) is 7.11 Å². The Balaban J connectivity index is 2.19. The molecule has 0 aliphatic heterocycles. The second-order valence-corrected chi connectivity index (χ2v) is 7.75. The van der Waals surface area contributed by atoms with Crippen LogP contribution < -0.4 is 10.1 Å². The van der Waals surface area contributed by atoms with Crippen molar-refractivity contribution in [2.45, 2.75) is 24.8 Å². The van der Waals surface area contributed by atoms with Gasteiger partial charge in [0.2, 0.25) is 0 Å². The zero-order valence-electron chi connectivity index (χ0n) is 14.2. The Morgan fingerprint density at radius 2 is 1.75 bits per heavy atom. The van der Waals surface area contributed by atoms with Crippen LogP contribution >= 0.6 is 0 Å². The Labute approximate surface area is 142 Å². The first-order valence-electron chi connectivity index (χ1n) is 7.48. The van der Waals surface area contributed by atoms with Crippen LogP contribution in [0.4, 0.5) is 0 Å². The van der Waals surface area contributed by atoms with Crippen LogP contribution in [0.3, 0.4) is 0 Å². The molecular weight excluding hydrogens is 326 g/mol. The summed E-state index contributed by atoms with van der Waals surface area (Å²) < 4.78 is 28.3. The summed E-state index contributed by atoms with van der Waals surface area (Å²) in [5, 5.41) is 2.90. The molecule has 1 unspecified atom stereocenters. The van der Waals surface area contributed by atoms with E-state index in [1.807, 2.05) is 32.0 Å². The summed E-state index contributed by atoms with van der Waals surface area (Å²) in [6.45, 7) is 3.85. The molecule has 0 saturated carbocycles. The van der Waals surface area contributed by atoms with Gasteiger partial charge in [0.1, 0.15) is 5.75 Å². The number of amides is 1. The number of nitrogens with one attached hydrogen (secondary N) is 1. The molecule has 0 aliphatic rings. The fourth-order valence-electron chi connectivity index (χ4n) is 2.40. The van der Waals surface area contributed by atoms with Gasteiger partial charge in [-0.3, -0.25) is 4.79 Å². The Bertz CT molecular complexity index is 842. The number of ether oxygens (including phenoxy) is 1. The highest BCUT2D eigenvalue weighted by Crippen LogP contribution is 2.26. The van der Waals surface area contributed by atoms with Crippen molar-refractivity contribution in [3.63, 3.8) is 0 Å². The van der Waals surface area contributed by atoms with Crippen LogP contribution in [0.25, 0.3) is 0 Å². The Kier molecular flexibility index (Phi) is 5.29. The number of carbonyl (C=O) groups is 1. The minimum Gasteiger partial charge on any atom is -0.496 e. The largest absolute Gasteiger partial charge is 0.496 e. The summed E-state index contributed by atoms with van der Waals surface area (Å²) in [7, 11) is -1.68. The van der Waals surface area contributed by atoms with E-state index < -0.39 is 9.84 Å². The summed E-state index contributed by atoms with van der Waals surface area (Å²) >= 11 is 0. The molecule has 0 bridgehead atoms. The minimum atomic E-state index is -3.27. The van der Waals surface area contributed by atoms with E-state index in [-0.39, 0.29) is 16.8 Å². The summed E-state index contributed by atoms with van der Waals surface area (Å²) in [6.07, 6.45) is 1.13. The van der Waals surface area contributed by atoms with Crippen molar-refractivity contribution in [1.82, 2.24) is 5.32 Å². The van der Waals surface area contributed by atoms with Gasteiger partial charge in [-0.15, -0.1) is 0 Å². The first kappa shape index (κ1) is 18.0. The van der Waals surface area contributed by atoms with Crippen molar-refractivity contribution in [3.05, 3.63) is 59.2 Å². The number of methoxy groups -OCH3 is 1. The number of sulfone groups is 1. The van der Waals surface area contributed by atoms with Crippen LogP contribution in [0.1, 0.15) is 34.5 Å². The Morgan fingerprint density at radius 3 is 2.29 bits per heavy atom. The lowest BCUT2D eigenvalue weighted by atomic mass is 10.0. The molecule has 128 valence electrons. The van der Waals surface area contributed by atoms with Gasteiger partial charge in [-0.2, -0.15) is 0 Å². The van der Waals surface area contributed by atoms with Gasteiger partial charge in [0.05, 0.1) is 18.0 Å². The summed E-state index contributed by atoms with van der Waals surface area (Å²) in [4.78, 5) is 12.6. The third-order valence-electron chi connectivity index (χ3n) is 3.74. The van der Waals surface area contributed by atoms with Crippen molar-refractivity contribution in [1.29, 1.82) is 0 Å². The van der Waals surface area contributed by atoms with Crippen LogP contribution in [0.5, 0.6) is 5.75 Å². The van der Waals surface area contributed by atoms with Crippen molar-refractivity contribution in [3.8, 4) is 5.75 Å². The quantitative estimate of drug-likeness (QED) is 0.903. The molecule has 0 saturated heterocycles. The molecule has 2 aromatic carbocycles. The molecule has 0 spiro atoms. The van der Waals surface area contributed by atoms with Crippen molar-refractivity contribution in [2.24, 2.45) is 0 Å². The SMILES string of the molecule is COc1ccc(C)cc1C(C)NC(=O)c1ccc(S(C)(=O)=O)cc1. The van der Waals surface area contributed by atoms with Gasteiger partial charge >= 0.3 is 0 Å². The summed E-state index contributed by atoms with van der Waals surface area (Å²) in [5.41, 5.74) is 2.36. The molecule has 0 heterocycles. The molecule has 1 amide bonds. The zero-order chi connectivity index (χ0) is 17.9. The molecule has 6 heteroatoms. The predicted octanol–water partition coefficient (Wildman–Crippen LogP) is 2.90. The molecule has 1 N–H and O–H groups in total. The third kappa shape index (κ3) is 4.14. The molecular formula is C18H21NO4S. The van der Waals surface area contributed by atoms with Gasteiger partial charge < -0.3 is 10.1 Å². The van der Waals surface area contributed by atoms with Gasteiger partial charge in [0, 0.05) is 17.4 Å². The van der Waals surface area contributed by atoms with Crippen LogP contribution in [0, 0.1) is 6.92 Å². The molecule has 0 aromatic heterocycles. The van der Waals surface area contributed by atoms with E-state index in [4.69, 9.17) is 4.74 Å². The molecule has 24 heavy (non-hydrogen) atoms. The lowest BCUT2D eigenvalue weighted by Gasteiger charge is -2.18. The van der Waals surface area contributed by atoms with Gasteiger partial charge in [-0.05, 0) is 44.2 Å².